The Morgan fingerprint density at radius 1 is 1.22 bits per heavy atom. The Morgan fingerprint density at radius 3 is 2.43 bits per heavy atom. The van der Waals surface area contributed by atoms with Crippen LogP contribution in [0.1, 0.15) is 30.9 Å². The third kappa shape index (κ3) is 5.35. The van der Waals surface area contributed by atoms with Crippen LogP contribution in [0.15, 0.2) is 12.1 Å². The molecule has 1 aliphatic heterocycles. The molecule has 0 spiro atoms. The van der Waals surface area contributed by atoms with Crippen LogP contribution >= 0.6 is 0 Å². The van der Waals surface area contributed by atoms with Crippen LogP contribution < -0.4 is 5.32 Å². The van der Waals surface area contributed by atoms with Crippen molar-refractivity contribution >= 4 is 5.69 Å². The highest BCUT2D eigenvalue weighted by molar-refractivity contribution is 5.50. The smallest absolute Gasteiger partial charge is 0.379 e. The number of rotatable bonds is 5. The molecule has 23 heavy (non-hydrogen) atoms. The molecule has 7 heteroatoms. The third-order valence-corrected chi connectivity index (χ3v) is 3.78. The van der Waals surface area contributed by atoms with Gasteiger partial charge in [0.2, 0.25) is 0 Å². The highest BCUT2D eigenvalue weighted by atomic mass is 19.4. The number of morpholine rings is 1. The largest absolute Gasteiger partial charge is 0.405 e. The Morgan fingerprint density at radius 2 is 1.87 bits per heavy atom. The first-order valence-electron chi connectivity index (χ1n) is 7.69. The lowest BCUT2D eigenvalue weighted by molar-refractivity contribution is -0.115. The van der Waals surface area contributed by atoms with Crippen molar-refractivity contribution in [1.82, 2.24) is 4.90 Å². The lowest BCUT2D eigenvalue weighted by Gasteiger charge is -2.28. The van der Waals surface area contributed by atoms with Crippen molar-refractivity contribution in [3.05, 3.63) is 29.1 Å². The Labute approximate surface area is 133 Å². The van der Waals surface area contributed by atoms with Gasteiger partial charge in [0, 0.05) is 25.3 Å². The van der Waals surface area contributed by atoms with Crippen molar-refractivity contribution in [2.45, 2.75) is 32.5 Å². The first-order valence-corrected chi connectivity index (χ1v) is 7.69. The van der Waals surface area contributed by atoms with Crippen molar-refractivity contribution in [2.24, 2.45) is 0 Å². The second-order valence-corrected chi connectivity index (χ2v) is 6.04. The van der Waals surface area contributed by atoms with Crippen LogP contribution in [0.3, 0.4) is 0 Å². The molecule has 0 aliphatic carbocycles. The van der Waals surface area contributed by atoms with Gasteiger partial charge in [0.25, 0.3) is 0 Å². The minimum atomic E-state index is -4.34. The summed E-state index contributed by atoms with van der Waals surface area (Å²) in [5.41, 5.74) is 1.45. The molecule has 1 fully saturated rings. The van der Waals surface area contributed by atoms with Gasteiger partial charge in [-0.2, -0.15) is 13.2 Å². The number of hydrogen-bond donors (Lipinski definition) is 1. The zero-order valence-corrected chi connectivity index (χ0v) is 13.3. The lowest BCUT2D eigenvalue weighted by Crippen LogP contribution is -2.36. The SMILES string of the molecule is CC(C)c1c(F)cc(NCC(F)(F)F)cc1CN1CCOCC1. The van der Waals surface area contributed by atoms with Crippen LogP contribution in [-0.4, -0.2) is 43.9 Å². The predicted octanol–water partition coefficient (Wildman–Crippen LogP) is 3.76. The van der Waals surface area contributed by atoms with Gasteiger partial charge in [-0.05, 0) is 29.2 Å². The molecule has 0 amide bonds. The van der Waals surface area contributed by atoms with Gasteiger partial charge in [-0.15, -0.1) is 0 Å². The number of alkyl halides is 3. The average molecular weight is 334 g/mol. The zero-order valence-electron chi connectivity index (χ0n) is 13.3. The van der Waals surface area contributed by atoms with E-state index >= 15 is 0 Å². The van der Waals surface area contributed by atoms with Crippen molar-refractivity contribution in [3.63, 3.8) is 0 Å². The Bertz CT molecular complexity index is 526. The maximum atomic E-state index is 14.4. The third-order valence-electron chi connectivity index (χ3n) is 3.78. The van der Waals surface area contributed by atoms with E-state index in [2.05, 4.69) is 10.2 Å². The summed E-state index contributed by atoms with van der Waals surface area (Å²) in [4.78, 5) is 2.12. The van der Waals surface area contributed by atoms with E-state index in [1.165, 1.54) is 0 Å². The van der Waals surface area contributed by atoms with Crippen LogP contribution in [-0.2, 0) is 11.3 Å². The second kappa shape index (κ2) is 7.49. The number of benzene rings is 1. The fourth-order valence-corrected chi connectivity index (χ4v) is 2.76. The average Bonchev–Trinajstić information content (AvgIpc) is 2.44. The van der Waals surface area contributed by atoms with E-state index in [0.29, 0.717) is 25.3 Å². The number of nitrogens with one attached hydrogen (secondary N) is 1. The molecular weight excluding hydrogens is 312 g/mol. The van der Waals surface area contributed by atoms with E-state index in [0.717, 1.165) is 24.7 Å². The molecule has 1 saturated heterocycles. The number of nitrogens with zero attached hydrogens (tertiary/aromatic N) is 1. The quantitative estimate of drug-likeness (QED) is 0.830. The van der Waals surface area contributed by atoms with E-state index < -0.39 is 18.5 Å². The maximum absolute atomic E-state index is 14.4. The normalized spacial score (nSPS) is 16.8. The predicted molar refractivity (Wildman–Crippen MR) is 81.1 cm³/mol. The highest BCUT2D eigenvalue weighted by Crippen LogP contribution is 2.28. The molecule has 0 bridgehead atoms. The number of halogens is 4. The molecule has 0 aromatic heterocycles. The van der Waals surface area contributed by atoms with Crippen LogP contribution in [0, 0.1) is 5.82 Å². The van der Waals surface area contributed by atoms with E-state index in [1.807, 2.05) is 13.8 Å². The Kier molecular flexibility index (Phi) is 5.86. The second-order valence-electron chi connectivity index (χ2n) is 6.04. The standard InChI is InChI=1S/C16H22F4N2O/c1-11(2)15-12(9-22-3-5-23-6-4-22)7-13(8-14(15)17)21-10-16(18,19)20/h7-8,11,21H,3-6,9-10H2,1-2H3. The Balaban J connectivity index is 2.22. The van der Waals surface area contributed by atoms with Gasteiger partial charge in [-0.1, -0.05) is 13.8 Å². The van der Waals surface area contributed by atoms with Gasteiger partial charge in [0.1, 0.15) is 12.4 Å². The zero-order chi connectivity index (χ0) is 17.0. The van der Waals surface area contributed by atoms with Gasteiger partial charge in [0.05, 0.1) is 13.2 Å². The molecule has 1 aliphatic rings. The van der Waals surface area contributed by atoms with Crippen molar-refractivity contribution in [1.29, 1.82) is 0 Å². The summed E-state index contributed by atoms with van der Waals surface area (Å²) in [7, 11) is 0. The molecule has 1 N–H and O–H groups in total. The fourth-order valence-electron chi connectivity index (χ4n) is 2.76. The molecule has 0 unspecified atom stereocenters. The first-order chi connectivity index (χ1) is 10.8. The number of anilines is 1. The van der Waals surface area contributed by atoms with Crippen LogP contribution in [0.25, 0.3) is 0 Å². The van der Waals surface area contributed by atoms with E-state index in [4.69, 9.17) is 4.74 Å². The van der Waals surface area contributed by atoms with Gasteiger partial charge in [0.15, 0.2) is 0 Å². The van der Waals surface area contributed by atoms with Gasteiger partial charge in [-0.3, -0.25) is 4.90 Å². The van der Waals surface area contributed by atoms with Crippen LogP contribution in [0.4, 0.5) is 23.2 Å². The maximum Gasteiger partial charge on any atom is 0.405 e. The van der Waals surface area contributed by atoms with Crippen molar-refractivity contribution in [3.8, 4) is 0 Å². The van der Waals surface area contributed by atoms with Crippen LogP contribution in [0.5, 0.6) is 0 Å². The number of ether oxygens (including phenoxy) is 1. The molecule has 1 heterocycles. The summed E-state index contributed by atoms with van der Waals surface area (Å²) < 4.78 is 56.7. The molecule has 130 valence electrons. The molecule has 0 saturated carbocycles. The minimum absolute atomic E-state index is 0.0392. The molecule has 3 nitrogen and oxygen atoms in total. The minimum Gasteiger partial charge on any atom is -0.379 e. The summed E-state index contributed by atoms with van der Waals surface area (Å²) >= 11 is 0. The monoisotopic (exact) mass is 334 g/mol. The summed E-state index contributed by atoms with van der Waals surface area (Å²) in [6.45, 7) is 5.80. The summed E-state index contributed by atoms with van der Waals surface area (Å²) in [6.07, 6.45) is -4.34. The van der Waals surface area contributed by atoms with Gasteiger partial charge in [-0.25, -0.2) is 4.39 Å². The van der Waals surface area contributed by atoms with Gasteiger partial charge >= 0.3 is 6.18 Å². The van der Waals surface area contributed by atoms with Crippen molar-refractivity contribution < 1.29 is 22.3 Å². The number of hydrogen-bond acceptors (Lipinski definition) is 3. The summed E-state index contributed by atoms with van der Waals surface area (Å²) in [5, 5.41) is 2.26. The van der Waals surface area contributed by atoms with E-state index in [1.54, 1.807) is 6.07 Å². The van der Waals surface area contributed by atoms with Crippen LogP contribution in [0.2, 0.25) is 0 Å². The summed E-state index contributed by atoms with van der Waals surface area (Å²) in [5.74, 6) is -0.502. The summed E-state index contributed by atoms with van der Waals surface area (Å²) in [6, 6.07) is 2.77. The topological polar surface area (TPSA) is 24.5 Å². The molecule has 1 aromatic carbocycles. The fraction of sp³-hybridized carbons (Fsp3) is 0.625. The lowest BCUT2D eigenvalue weighted by atomic mass is 9.95. The van der Waals surface area contributed by atoms with Gasteiger partial charge < -0.3 is 10.1 Å². The van der Waals surface area contributed by atoms with Crippen molar-refractivity contribution in [2.75, 3.05) is 38.2 Å². The molecule has 1 aromatic rings. The first kappa shape index (κ1) is 18.0. The Hall–Kier alpha value is -1.34. The molecular formula is C16H22F4N2O. The van der Waals surface area contributed by atoms with E-state index in [9.17, 15) is 17.6 Å². The molecule has 0 atom stereocenters. The molecule has 2 rings (SSSR count). The highest BCUT2D eigenvalue weighted by Gasteiger charge is 2.27. The molecule has 0 radical (unpaired) electrons. The van der Waals surface area contributed by atoms with E-state index in [-0.39, 0.29) is 11.6 Å².